The van der Waals surface area contributed by atoms with E-state index in [-0.39, 0.29) is 5.97 Å². The molecule has 1 aliphatic rings. The molecule has 1 heterocycles. The van der Waals surface area contributed by atoms with Gasteiger partial charge in [-0.1, -0.05) is 6.92 Å². The fourth-order valence-corrected chi connectivity index (χ4v) is 2.17. The molecule has 1 N–H and O–H groups in total. The van der Waals surface area contributed by atoms with Gasteiger partial charge in [0.1, 0.15) is 0 Å². The Labute approximate surface area is 102 Å². The maximum absolute atomic E-state index is 11.5. The molecule has 1 atom stereocenters. The molecule has 0 spiro atoms. The van der Waals surface area contributed by atoms with Gasteiger partial charge in [-0.3, -0.25) is 0 Å². The highest BCUT2D eigenvalue weighted by Crippen LogP contribution is 2.29. The monoisotopic (exact) mass is 234 g/mol. The van der Waals surface area contributed by atoms with Crippen LogP contribution in [0.25, 0.3) is 0 Å². The lowest BCUT2D eigenvalue weighted by Gasteiger charge is -2.20. The standard InChI is InChI=1S/C13H18N2O2/c1-9-7-14-11-6-10(13(16)17-3)4-5-12(11)15(2)8-9/h4-6,9,14H,7-8H2,1-3H3. The van der Waals surface area contributed by atoms with Crippen molar-refractivity contribution in [1.82, 2.24) is 0 Å². The number of esters is 1. The van der Waals surface area contributed by atoms with Crippen molar-refractivity contribution < 1.29 is 9.53 Å². The molecule has 0 saturated carbocycles. The van der Waals surface area contributed by atoms with E-state index >= 15 is 0 Å². The molecule has 1 unspecified atom stereocenters. The van der Waals surface area contributed by atoms with Gasteiger partial charge in [-0.05, 0) is 24.1 Å². The fourth-order valence-electron chi connectivity index (χ4n) is 2.17. The number of carbonyl (C=O) groups excluding carboxylic acids is 1. The number of nitrogens with one attached hydrogen (secondary N) is 1. The van der Waals surface area contributed by atoms with Gasteiger partial charge in [-0.25, -0.2) is 4.79 Å². The highest BCUT2D eigenvalue weighted by molar-refractivity contribution is 5.92. The second-order valence-electron chi connectivity index (χ2n) is 4.59. The summed E-state index contributed by atoms with van der Waals surface area (Å²) < 4.78 is 4.73. The Balaban J connectivity index is 2.35. The average molecular weight is 234 g/mol. The molecule has 2 rings (SSSR count). The summed E-state index contributed by atoms with van der Waals surface area (Å²) in [6.45, 7) is 4.14. The number of nitrogens with zero attached hydrogens (tertiary/aromatic N) is 1. The van der Waals surface area contributed by atoms with Gasteiger partial charge < -0.3 is 15.0 Å². The van der Waals surface area contributed by atoms with Crippen LogP contribution in [-0.4, -0.2) is 33.2 Å². The summed E-state index contributed by atoms with van der Waals surface area (Å²) in [5, 5.41) is 3.38. The molecule has 0 aliphatic carbocycles. The third-order valence-electron chi connectivity index (χ3n) is 3.06. The topological polar surface area (TPSA) is 41.6 Å². The van der Waals surface area contributed by atoms with Crippen LogP contribution in [-0.2, 0) is 4.74 Å². The molecule has 1 aromatic rings. The summed E-state index contributed by atoms with van der Waals surface area (Å²) in [5.41, 5.74) is 2.71. The van der Waals surface area contributed by atoms with E-state index < -0.39 is 0 Å². The molecule has 4 nitrogen and oxygen atoms in total. The third kappa shape index (κ3) is 2.35. The molecule has 92 valence electrons. The Morgan fingerprint density at radius 2 is 2.29 bits per heavy atom. The number of anilines is 2. The van der Waals surface area contributed by atoms with Crippen LogP contribution >= 0.6 is 0 Å². The smallest absolute Gasteiger partial charge is 0.337 e. The van der Waals surface area contributed by atoms with E-state index in [0.29, 0.717) is 11.5 Å². The molecule has 0 radical (unpaired) electrons. The average Bonchev–Trinajstić information content (AvgIpc) is 2.47. The first-order valence-corrected chi connectivity index (χ1v) is 5.79. The maximum Gasteiger partial charge on any atom is 0.337 e. The van der Waals surface area contributed by atoms with Crippen LogP contribution in [0.5, 0.6) is 0 Å². The minimum absolute atomic E-state index is 0.297. The quantitative estimate of drug-likeness (QED) is 0.754. The number of carbonyl (C=O) groups is 1. The predicted molar refractivity (Wildman–Crippen MR) is 68.7 cm³/mol. The van der Waals surface area contributed by atoms with Crippen LogP contribution in [0, 0.1) is 5.92 Å². The Kier molecular flexibility index (Phi) is 3.22. The third-order valence-corrected chi connectivity index (χ3v) is 3.06. The number of fused-ring (bicyclic) bond motifs is 1. The summed E-state index contributed by atoms with van der Waals surface area (Å²) in [4.78, 5) is 13.7. The molecular formula is C13H18N2O2. The SMILES string of the molecule is COC(=O)c1ccc2c(c1)NCC(C)CN2C. The van der Waals surface area contributed by atoms with Gasteiger partial charge in [0.25, 0.3) is 0 Å². The minimum Gasteiger partial charge on any atom is -0.465 e. The fraction of sp³-hybridized carbons (Fsp3) is 0.462. The van der Waals surface area contributed by atoms with Gasteiger partial charge in [-0.2, -0.15) is 0 Å². The van der Waals surface area contributed by atoms with Gasteiger partial charge in [0, 0.05) is 20.1 Å². The molecule has 1 aromatic carbocycles. The van der Waals surface area contributed by atoms with Crippen molar-refractivity contribution in [3.8, 4) is 0 Å². The molecule has 1 aliphatic heterocycles. The zero-order valence-electron chi connectivity index (χ0n) is 10.5. The van der Waals surface area contributed by atoms with Gasteiger partial charge in [0.15, 0.2) is 0 Å². The maximum atomic E-state index is 11.5. The zero-order chi connectivity index (χ0) is 12.4. The lowest BCUT2D eigenvalue weighted by atomic mass is 10.1. The molecule has 0 aromatic heterocycles. The van der Waals surface area contributed by atoms with E-state index in [1.54, 1.807) is 6.07 Å². The van der Waals surface area contributed by atoms with E-state index in [0.717, 1.165) is 24.5 Å². The van der Waals surface area contributed by atoms with Crippen molar-refractivity contribution in [2.75, 3.05) is 37.5 Å². The number of hydrogen-bond acceptors (Lipinski definition) is 4. The van der Waals surface area contributed by atoms with Gasteiger partial charge in [0.05, 0.1) is 24.0 Å². The second kappa shape index (κ2) is 4.65. The van der Waals surface area contributed by atoms with E-state index in [9.17, 15) is 4.79 Å². The summed E-state index contributed by atoms with van der Waals surface area (Å²) >= 11 is 0. The first kappa shape index (κ1) is 11.8. The Bertz CT molecular complexity index is 431. The van der Waals surface area contributed by atoms with Crippen molar-refractivity contribution in [3.05, 3.63) is 23.8 Å². The largest absolute Gasteiger partial charge is 0.465 e. The Morgan fingerprint density at radius 3 is 3.00 bits per heavy atom. The number of rotatable bonds is 1. The van der Waals surface area contributed by atoms with E-state index in [4.69, 9.17) is 4.74 Å². The molecule has 0 amide bonds. The second-order valence-corrected chi connectivity index (χ2v) is 4.59. The van der Waals surface area contributed by atoms with Gasteiger partial charge >= 0.3 is 5.97 Å². The van der Waals surface area contributed by atoms with Crippen LogP contribution < -0.4 is 10.2 Å². The van der Waals surface area contributed by atoms with Crippen molar-refractivity contribution >= 4 is 17.3 Å². The lowest BCUT2D eigenvalue weighted by molar-refractivity contribution is 0.0601. The first-order chi connectivity index (χ1) is 8.11. The molecule has 0 fully saturated rings. The highest BCUT2D eigenvalue weighted by atomic mass is 16.5. The lowest BCUT2D eigenvalue weighted by Crippen LogP contribution is -2.23. The van der Waals surface area contributed by atoms with Gasteiger partial charge in [-0.15, -0.1) is 0 Å². The predicted octanol–water partition coefficient (Wildman–Crippen LogP) is 1.97. The van der Waals surface area contributed by atoms with Crippen LogP contribution in [0.2, 0.25) is 0 Å². The summed E-state index contributed by atoms with van der Waals surface area (Å²) in [7, 11) is 3.47. The summed E-state index contributed by atoms with van der Waals surface area (Å²) in [5.74, 6) is 0.281. The summed E-state index contributed by atoms with van der Waals surface area (Å²) in [6.07, 6.45) is 0. The van der Waals surface area contributed by atoms with Crippen LogP contribution in [0.3, 0.4) is 0 Å². The van der Waals surface area contributed by atoms with Crippen LogP contribution in [0.15, 0.2) is 18.2 Å². The molecule has 17 heavy (non-hydrogen) atoms. The van der Waals surface area contributed by atoms with Crippen molar-refractivity contribution in [2.24, 2.45) is 5.92 Å². The van der Waals surface area contributed by atoms with Crippen molar-refractivity contribution in [3.63, 3.8) is 0 Å². The van der Waals surface area contributed by atoms with Gasteiger partial charge in [0.2, 0.25) is 0 Å². The van der Waals surface area contributed by atoms with Crippen LogP contribution in [0.1, 0.15) is 17.3 Å². The summed E-state index contributed by atoms with van der Waals surface area (Å²) in [6, 6.07) is 5.63. The molecule has 0 bridgehead atoms. The number of methoxy groups -OCH3 is 1. The molecule has 0 saturated heterocycles. The molecule has 4 heteroatoms. The van der Waals surface area contributed by atoms with Crippen LogP contribution in [0.4, 0.5) is 11.4 Å². The number of hydrogen-bond donors (Lipinski definition) is 1. The highest BCUT2D eigenvalue weighted by Gasteiger charge is 2.17. The first-order valence-electron chi connectivity index (χ1n) is 5.79. The van der Waals surface area contributed by atoms with E-state index in [1.807, 2.05) is 12.1 Å². The Hall–Kier alpha value is -1.71. The number of benzene rings is 1. The van der Waals surface area contributed by atoms with Crippen molar-refractivity contribution in [2.45, 2.75) is 6.92 Å². The Morgan fingerprint density at radius 1 is 1.53 bits per heavy atom. The van der Waals surface area contributed by atoms with E-state index in [1.165, 1.54) is 7.11 Å². The minimum atomic E-state index is -0.297. The normalized spacial score (nSPS) is 19.0. The van der Waals surface area contributed by atoms with E-state index in [2.05, 4.69) is 24.2 Å². The molecular weight excluding hydrogens is 216 g/mol. The van der Waals surface area contributed by atoms with Crippen molar-refractivity contribution in [1.29, 1.82) is 0 Å². The number of ether oxygens (including phenoxy) is 1. The zero-order valence-corrected chi connectivity index (χ0v) is 10.5.